The summed E-state index contributed by atoms with van der Waals surface area (Å²) in [5.74, 6) is 0.926. The van der Waals surface area contributed by atoms with Crippen LogP contribution in [0.5, 0.6) is 0 Å². The maximum absolute atomic E-state index is 6.75. The average molecular weight is 469 g/mol. The predicted octanol–water partition coefficient (Wildman–Crippen LogP) is 2.92. The standard InChI is InChI=1S/C24H29ClN6O2/c1-32-23-15-33-14-22(23)29-4-2-28(3-5-29)21-7-20-17(6-19(21)25)11-27-31(20)18-12-26-30(13-18)24-8-16(9-24)10-24/h6-7,11-13,16,22-23H,2-5,8-10,14-15H2,1H3/t16?,22-,23+,24?/m1/s1. The predicted molar refractivity (Wildman–Crippen MR) is 126 cm³/mol. The monoisotopic (exact) mass is 468 g/mol. The number of hydrogen-bond acceptors (Lipinski definition) is 6. The smallest absolute Gasteiger partial charge is 0.103 e. The van der Waals surface area contributed by atoms with Gasteiger partial charge in [-0.05, 0) is 37.3 Å². The number of halogens is 1. The van der Waals surface area contributed by atoms with Crippen LogP contribution in [0.1, 0.15) is 19.3 Å². The van der Waals surface area contributed by atoms with Crippen molar-refractivity contribution in [2.45, 2.75) is 36.9 Å². The van der Waals surface area contributed by atoms with E-state index < -0.39 is 0 Å². The third-order valence-corrected chi connectivity index (χ3v) is 8.67. The fourth-order valence-corrected chi connectivity index (χ4v) is 6.55. The lowest BCUT2D eigenvalue weighted by Crippen LogP contribution is -2.59. The van der Waals surface area contributed by atoms with Gasteiger partial charge < -0.3 is 14.4 Å². The summed E-state index contributed by atoms with van der Waals surface area (Å²) in [7, 11) is 1.78. The number of hydrogen-bond donors (Lipinski definition) is 0. The van der Waals surface area contributed by atoms with Crippen molar-refractivity contribution < 1.29 is 9.47 Å². The van der Waals surface area contributed by atoms with Crippen LogP contribution in [0.25, 0.3) is 16.6 Å². The molecule has 0 spiro atoms. The van der Waals surface area contributed by atoms with Gasteiger partial charge in [-0.3, -0.25) is 9.58 Å². The molecule has 0 radical (unpaired) electrons. The van der Waals surface area contributed by atoms with Crippen LogP contribution < -0.4 is 4.90 Å². The summed E-state index contributed by atoms with van der Waals surface area (Å²) in [6.45, 7) is 5.22. The van der Waals surface area contributed by atoms with Crippen LogP contribution in [-0.2, 0) is 15.0 Å². The van der Waals surface area contributed by atoms with Crippen LogP contribution in [0.4, 0.5) is 5.69 Å². The molecule has 3 aromatic rings. The first-order valence-electron chi connectivity index (χ1n) is 12.0. The van der Waals surface area contributed by atoms with Crippen LogP contribution >= 0.6 is 11.6 Å². The van der Waals surface area contributed by atoms with Crippen LogP contribution in [0.15, 0.2) is 30.7 Å². The minimum absolute atomic E-state index is 0.164. The maximum Gasteiger partial charge on any atom is 0.103 e. The molecule has 5 fully saturated rings. The molecule has 0 unspecified atom stereocenters. The Balaban J connectivity index is 1.14. The summed E-state index contributed by atoms with van der Waals surface area (Å²) in [5.41, 5.74) is 3.44. The van der Waals surface area contributed by atoms with Crippen molar-refractivity contribution in [1.29, 1.82) is 0 Å². The molecule has 3 saturated carbocycles. The summed E-state index contributed by atoms with van der Waals surface area (Å²) in [6.07, 6.45) is 9.98. The second-order valence-electron chi connectivity index (χ2n) is 10.2. The molecule has 4 heterocycles. The summed E-state index contributed by atoms with van der Waals surface area (Å²) in [6, 6.07) is 4.57. The molecule has 2 aliphatic heterocycles. The first kappa shape index (κ1) is 20.3. The van der Waals surface area contributed by atoms with Gasteiger partial charge in [0.2, 0.25) is 0 Å². The number of nitrogens with zero attached hydrogens (tertiary/aromatic N) is 6. The van der Waals surface area contributed by atoms with Crippen LogP contribution in [-0.4, -0.2) is 83.1 Å². The average Bonchev–Trinajstić information content (AvgIpc) is 3.50. The topological polar surface area (TPSA) is 60.6 Å². The Morgan fingerprint density at radius 1 is 1.06 bits per heavy atom. The zero-order chi connectivity index (χ0) is 22.2. The maximum atomic E-state index is 6.75. The molecule has 8 rings (SSSR count). The largest absolute Gasteiger partial charge is 0.377 e. The number of anilines is 1. The van der Waals surface area contributed by atoms with Crippen molar-refractivity contribution >= 4 is 28.2 Å². The number of benzene rings is 1. The van der Waals surface area contributed by atoms with Crippen LogP contribution in [0, 0.1) is 5.92 Å². The fourth-order valence-electron chi connectivity index (χ4n) is 6.26. The van der Waals surface area contributed by atoms with Gasteiger partial charge in [0.15, 0.2) is 0 Å². The minimum Gasteiger partial charge on any atom is -0.377 e. The summed E-state index contributed by atoms with van der Waals surface area (Å²) in [5, 5.41) is 11.2. The number of fused-ring (bicyclic) bond motifs is 1. The Hall–Kier alpha value is -2.13. The molecular weight excluding hydrogens is 440 g/mol. The third-order valence-electron chi connectivity index (χ3n) is 8.37. The van der Waals surface area contributed by atoms with Gasteiger partial charge in [-0.2, -0.15) is 10.2 Å². The third kappa shape index (κ3) is 3.07. The molecule has 33 heavy (non-hydrogen) atoms. The highest BCUT2D eigenvalue weighted by Crippen LogP contribution is 2.62. The molecular formula is C24H29ClN6O2. The normalized spacial score (nSPS) is 31.7. The Bertz CT molecular complexity index is 1180. The van der Waals surface area contributed by atoms with Crippen molar-refractivity contribution in [3.63, 3.8) is 0 Å². The van der Waals surface area contributed by atoms with E-state index in [4.69, 9.17) is 26.2 Å². The van der Waals surface area contributed by atoms with Crippen molar-refractivity contribution in [3.8, 4) is 5.69 Å². The second kappa shape index (κ2) is 7.43. The van der Waals surface area contributed by atoms with E-state index in [0.717, 1.165) is 66.0 Å². The minimum atomic E-state index is 0.164. The second-order valence-corrected chi connectivity index (χ2v) is 10.6. The lowest BCUT2D eigenvalue weighted by molar-refractivity contribution is -0.0977. The molecule has 0 amide bonds. The number of rotatable bonds is 5. The molecule has 2 saturated heterocycles. The zero-order valence-corrected chi connectivity index (χ0v) is 19.6. The van der Waals surface area contributed by atoms with E-state index >= 15 is 0 Å². The summed E-state index contributed by atoms with van der Waals surface area (Å²) in [4.78, 5) is 4.88. The van der Waals surface area contributed by atoms with E-state index in [9.17, 15) is 0 Å². The first-order valence-corrected chi connectivity index (χ1v) is 12.3. The van der Waals surface area contributed by atoms with Gasteiger partial charge in [0.1, 0.15) is 5.69 Å². The van der Waals surface area contributed by atoms with E-state index in [1.165, 1.54) is 19.3 Å². The fraction of sp³-hybridized carbons (Fsp3) is 0.583. The SMILES string of the molecule is CO[C@H]1COC[C@H]1N1CCN(c2cc3c(cnn3-c3cnn(C45CC(C4)C5)c3)cc2Cl)CC1. The lowest BCUT2D eigenvalue weighted by atomic mass is 9.50. The lowest BCUT2D eigenvalue weighted by Gasteiger charge is -2.61. The van der Waals surface area contributed by atoms with Gasteiger partial charge in [-0.25, -0.2) is 4.68 Å². The van der Waals surface area contributed by atoms with Crippen molar-refractivity contribution in [2.75, 3.05) is 51.4 Å². The van der Waals surface area contributed by atoms with Gasteiger partial charge in [-0.1, -0.05) is 11.6 Å². The van der Waals surface area contributed by atoms with Crippen molar-refractivity contribution in [3.05, 3.63) is 35.7 Å². The summed E-state index contributed by atoms with van der Waals surface area (Å²) >= 11 is 6.75. The highest BCUT2D eigenvalue weighted by molar-refractivity contribution is 6.34. The van der Waals surface area contributed by atoms with Gasteiger partial charge in [0, 0.05) is 38.7 Å². The molecule has 174 valence electrons. The molecule has 2 atom stereocenters. The Kier molecular flexibility index (Phi) is 4.56. The van der Waals surface area contributed by atoms with E-state index in [1.807, 2.05) is 23.1 Å². The highest BCUT2D eigenvalue weighted by atomic mass is 35.5. The molecule has 8 nitrogen and oxygen atoms in total. The molecule has 0 N–H and O–H groups in total. The van der Waals surface area contributed by atoms with Crippen LogP contribution in [0.2, 0.25) is 5.02 Å². The van der Waals surface area contributed by atoms with Gasteiger partial charge in [-0.15, -0.1) is 0 Å². The van der Waals surface area contributed by atoms with Gasteiger partial charge >= 0.3 is 0 Å². The Morgan fingerprint density at radius 3 is 2.61 bits per heavy atom. The van der Waals surface area contributed by atoms with E-state index in [1.54, 1.807) is 7.11 Å². The molecule has 1 aromatic carbocycles. The molecule has 5 aliphatic rings. The zero-order valence-electron chi connectivity index (χ0n) is 18.9. The molecule has 3 aliphatic carbocycles. The quantitative estimate of drug-likeness (QED) is 0.574. The van der Waals surface area contributed by atoms with Gasteiger partial charge in [0.05, 0.1) is 65.7 Å². The highest BCUT2D eigenvalue weighted by Gasteiger charge is 2.58. The van der Waals surface area contributed by atoms with Crippen molar-refractivity contribution in [1.82, 2.24) is 24.5 Å². The first-order chi connectivity index (χ1) is 16.1. The molecule has 2 bridgehead atoms. The number of methoxy groups -OCH3 is 1. The van der Waals surface area contributed by atoms with E-state index in [2.05, 4.69) is 31.8 Å². The summed E-state index contributed by atoms with van der Waals surface area (Å²) < 4.78 is 15.4. The number of piperazine rings is 1. The van der Waals surface area contributed by atoms with E-state index in [-0.39, 0.29) is 11.6 Å². The Morgan fingerprint density at radius 2 is 1.88 bits per heavy atom. The Labute approximate surface area is 198 Å². The van der Waals surface area contributed by atoms with Gasteiger partial charge in [0.25, 0.3) is 0 Å². The van der Waals surface area contributed by atoms with Crippen molar-refractivity contribution in [2.24, 2.45) is 5.92 Å². The van der Waals surface area contributed by atoms with E-state index in [0.29, 0.717) is 12.6 Å². The molecule has 2 aromatic heterocycles. The van der Waals surface area contributed by atoms with Crippen LogP contribution in [0.3, 0.4) is 0 Å². The number of ether oxygens (including phenoxy) is 2. The number of aromatic nitrogens is 4. The molecule has 9 heteroatoms.